The minimum absolute atomic E-state index is 0.778. The number of aryl methyl sites for hydroxylation is 1. The van der Waals surface area contributed by atoms with Crippen LogP contribution in [0.5, 0.6) is 0 Å². The van der Waals surface area contributed by atoms with Gasteiger partial charge in [-0.3, -0.25) is 4.68 Å². The number of thiophene rings is 1. The zero-order chi connectivity index (χ0) is 11.4. The lowest BCUT2D eigenvalue weighted by Crippen LogP contribution is -2.16. The average Bonchev–Trinajstić information content (AvgIpc) is 2.83. The van der Waals surface area contributed by atoms with Crippen molar-refractivity contribution in [3.63, 3.8) is 0 Å². The summed E-state index contributed by atoms with van der Waals surface area (Å²) >= 11 is 5.24. The van der Waals surface area contributed by atoms with Crippen LogP contribution in [0, 0.1) is 0 Å². The molecule has 1 N–H and O–H groups in total. The lowest BCUT2D eigenvalue weighted by atomic mass is 10.3. The lowest BCUT2D eigenvalue weighted by molar-refractivity contribution is 0.673. The highest BCUT2D eigenvalue weighted by molar-refractivity contribution is 9.11. The molecule has 0 unspecified atom stereocenters. The molecule has 2 heterocycles. The molecule has 0 saturated carbocycles. The van der Waals surface area contributed by atoms with E-state index >= 15 is 0 Å². The molecule has 0 aliphatic heterocycles. The summed E-state index contributed by atoms with van der Waals surface area (Å²) in [4.78, 5) is 1.39. The van der Waals surface area contributed by atoms with Gasteiger partial charge in [-0.1, -0.05) is 5.21 Å². The van der Waals surface area contributed by atoms with Gasteiger partial charge in [0.1, 0.15) is 0 Å². The van der Waals surface area contributed by atoms with Crippen LogP contribution in [0.25, 0.3) is 0 Å². The molecule has 2 rings (SSSR count). The molecule has 2 aromatic heterocycles. The van der Waals surface area contributed by atoms with Gasteiger partial charge < -0.3 is 5.32 Å². The van der Waals surface area contributed by atoms with E-state index in [1.165, 1.54) is 8.66 Å². The van der Waals surface area contributed by atoms with Crippen molar-refractivity contribution in [2.24, 2.45) is 7.05 Å². The second-order valence-corrected chi connectivity index (χ2v) is 6.06. The van der Waals surface area contributed by atoms with Crippen molar-refractivity contribution in [3.8, 4) is 0 Å². The van der Waals surface area contributed by atoms with Gasteiger partial charge in [-0.15, -0.1) is 16.4 Å². The largest absolute Gasteiger partial charge is 0.311 e. The Bertz CT molecular complexity index is 409. The Kier molecular flexibility index (Phi) is 4.09. The molecule has 4 nitrogen and oxygen atoms in total. The molecule has 0 radical (unpaired) electrons. The number of rotatable bonds is 5. The fourth-order valence-corrected chi connectivity index (χ4v) is 2.87. The van der Waals surface area contributed by atoms with Crippen LogP contribution in [0.15, 0.2) is 22.1 Å². The lowest BCUT2D eigenvalue weighted by Gasteiger charge is -1.99. The monoisotopic (exact) mass is 300 g/mol. The number of nitrogens with zero attached hydrogens (tertiary/aromatic N) is 3. The topological polar surface area (TPSA) is 42.7 Å². The third kappa shape index (κ3) is 3.40. The maximum atomic E-state index is 4.01. The van der Waals surface area contributed by atoms with Crippen molar-refractivity contribution in [1.82, 2.24) is 20.3 Å². The van der Waals surface area contributed by atoms with Gasteiger partial charge in [-0.2, -0.15) is 0 Å². The molecule has 2 aromatic rings. The van der Waals surface area contributed by atoms with E-state index in [0.29, 0.717) is 0 Å². The first kappa shape index (κ1) is 11.8. The molecule has 0 aliphatic rings. The second-order valence-electron chi connectivity index (χ2n) is 3.52. The van der Waals surface area contributed by atoms with E-state index in [2.05, 4.69) is 43.7 Å². The van der Waals surface area contributed by atoms with E-state index in [1.54, 1.807) is 16.0 Å². The number of nitrogens with one attached hydrogen (secondary N) is 1. The van der Waals surface area contributed by atoms with Gasteiger partial charge in [0.25, 0.3) is 0 Å². The standard InChI is InChI=1S/C10H13BrN4S/c1-15-7-8(13-14-15)6-12-5-4-9-2-3-10(11)16-9/h2-3,7,12H,4-6H2,1H3. The van der Waals surface area contributed by atoms with Crippen LogP contribution >= 0.6 is 27.3 Å². The Labute approximate surface area is 107 Å². The molecule has 0 spiro atoms. The molecule has 6 heteroatoms. The molecule has 0 aliphatic carbocycles. The number of hydrogen-bond acceptors (Lipinski definition) is 4. The molecule has 0 fully saturated rings. The maximum Gasteiger partial charge on any atom is 0.0964 e. The van der Waals surface area contributed by atoms with Gasteiger partial charge in [0.2, 0.25) is 0 Å². The van der Waals surface area contributed by atoms with Crippen LogP contribution in [0.4, 0.5) is 0 Å². The van der Waals surface area contributed by atoms with E-state index in [4.69, 9.17) is 0 Å². The van der Waals surface area contributed by atoms with Gasteiger partial charge >= 0.3 is 0 Å². The predicted molar refractivity (Wildman–Crippen MR) is 68.4 cm³/mol. The fourth-order valence-electron chi connectivity index (χ4n) is 1.39. The van der Waals surface area contributed by atoms with Crippen molar-refractivity contribution < 1.29 is 0 Å². The number of aromatic nitrogens is 3. The van der Waals surface area contributed by atoms with Crippen LogP contribution in [0.2, 0.25) is 0 Å². The van der Waals surface area contributed by atoms with Gasteiger partial charge in [0, 0.05) is 31.2 Å². The summed E-state index contributed by atoms with van der Waals surface area (Å²) in [5, 5.41) is 11.2. The highest BCUT2D eigenvalue weighted by Crippen LogP contribution is 2.21. The van der Waals surface area contributed by atoms with Gasteiger partial charge in [0.05, 0.1) is 9.48 Å². The first-order valence-electron chi connectivity index (χ1n) is 5.04. The molecule has 0 bridgehead atoms. The Morgan fingerprint density at radius 3 is 3.00 bits per heavy atom. The first-order valence-corrected chi connectivity index (χ1v) is 6.65. The minimum atomic E-state index is 0.778. The highest BCUT2D eigenvalue weighted by Gasteiger charge is 1.99. The third-order valence-electron chi connectivity index (χ3n) is 2.13. The molecular formula is C10H13BrN4S. The molecule has 0 saturated heterocycles. The summed E-state index contributed by atoms with van der Waals surface area (Å²) in [6, 6.07) is 4.24. The summed E-state index contributed by atoms with van der Waals surface area (Å²) in [5.41, 5.74) is 0.981. The molecule has 16 heavy (non-hydrogen) atoms. The summed E-state index contributed by atoms with van der Waals surface area (Å²) in [6.07, 6.45) is 2.98. The van der Waals surface area contributed by atoms with E-state index in [9.17, 15) is 0 Å². The van der Waals surface area contributed by atoms with Crippen LogP contribution < -0.4 is 5.32 Å². The van der Waals surface area contributed by atoms with E-state index in [0.717, 1.165) is 25.2 Å². The summed E-state index contributed by atoms with van der Waals surface area (Å²) in [7, 11) is 1.87. The predicted octanol–water partition coefficient (Wildman–Crippen LogP) is 1.97. The normalized spacial score (nSPS) is 10.9. The van der Waals surface area contributed by atoms with Crippen LogP contribution in [0.1, 0.15) is 10.6 Å². The highest BCUT2D eigenvalue weighted by atomic mass is 79.9. The Morgan fingerprint density at radius 2 is 2.38 bits per heavy atom. The number of halogens is 1. The Balaban J connectivity index is 1.69. The molecular weight excluding hydrogens is 288 g/mol. The zero-order valence-corrected chi connectivity index (χ0v) is 11.4. The van der Waals surface area contributed by atoms with Crippen LogP contribution in [-0.2, 0) is 20.0 Å². The fraction of sp³-hybridized carbons (Fsp3) is 0.400. The van der Waals surface area contributed by atoms with E-state index in [-0.39, 0.29) is 0 Å². The van der Waals surface area contributed by atoms with Crippen LogP contribution in [-0.4, -0.2) is 21.5 Å². The third-order valence-corrected chi connectivity index (χ3v) is 3.82. The summed E-state index contributed by atoms with van der Waals surface area (Å²) in [5.74, 6) is 0. The Morgan fingerprint density at radius 1 is 1.50 bits per heavy atom. The van der Waals surface area contributed by atoms with Crippen molar-refractivity contribution >= 4 is 27.3 Å². The van der Waals surface area contributed by atoms with Crippen molar-refractivity contribution in [2.75, 3.05) is 6.54 Å². The van der Waals surface area contributed by atoms with Crippen LogP contribution in [0.3, 0.4) is 0 Å². The molecule has 86 valence electrons. The number of hydrogen-bond donors (Lipinski definition) is 1. The SMILES string of the molecule is Cn1cc(CNCCc2ccc(Br)s2)nn1. The molecule has 0 aromatic carbocycles. The van der Waals surface area contributed by atoms with E-state index < -0.39 is 0 Å². The van der Waals surface area contributed by atoms with Crippen molar-refractivity contribution in [2.45, 2.75) is 13.0 Å². The molecule has 0 amide bonds. The minimum Gasteiger partial charge on any atom is -0.311 e. The smallest absolute Gasteiger partial charge is 0.0964 e. The first-order chi connectivity index (χ1) is 7.74. The van der Waals surface area contributed by atoms with E-state index in [1.807, 2.05) is 13.2 Å². The van der Waals surface area contributed by atoms with Crippen molar-refractivity contribution in [1.29, 1.82) is 0 Å². The summed E-state index contributed by atoms with van der Waals surface area (Å²) < 4.78 is 2.91. The zero-order valence-electron chi connectivity index (χ0n) is 8.98. The van der Waals surface area contributed by atoms with Crippen molar-refractivity contribution in [3.05, 3.63) is 32.7 Å². The van der Waals surface area contributed by atoms with Gasteiger partial charge in [0.15, 0.2) is 0 Å². The summed E-state index contributed by atoms with van der Waals surface area (Å²) in [6.45, 7) is 1.74. The molecule has 0 atom stereocenters. The second kappa shape index (κ2) is 5.56. The maximum absolute atomic E-state index is 4.01. The van der Waals surface area contributed by atoms with Gasteiger partial charge in [-0.25, -0.2) is 0 Å². The Hall–Kier alpha value is -0.720. The van der Waals surface area contributed by atoms with Gasteiger partial charge in [-0.05, 0) is 34.5 Å². The quantitative estimate of drug-likeness (QED) is 0.859. The average molecular weight is 301 g/mol.